The van der Waals surface area contributed by atoms with Gasteiger partial charge in [0.05, 0.1) is 29.2 Å². The van der Waals surface area contributed by atoms with Gasteiger partial charge in [-0.25, -0.2) is 0 Å². The minimum absolute atomic E-state index is 0.00884. The van der Waals surface area contributed by atoms with E-state index < -0.39 is 28.7 Å². The third-order valence-electron chi connectivity index (χ3n) is 8.86. The van der Waals surface area contributed by atoms with Gasteiger partial charge in [-0.3, -0.25) is 14.4 Å². The highest BCUT2D eigenvalue weighted by Gasteiger charge is 2.76. The number of aryl methyl sites for hydroxylation is 2. The van der Waals surface area contributed by atoms with Gasteiger partial charge in [0.15, 0.2) is 0 Å². The van der Waals surface area contributed by atoms with Crippen molar-refractivity contribution in [3.8, 4) is 0 Å². The summed E-state index contributed by atoms with van der Waals surface area (Å²) < 4.78 is -0.697. The molecule has 3 N–H and O–H groups in total. The minimum Gasteiger partial charge on any atom is -0.394 e. The minimum atomic E-state index is -0.755. The number of aliphatic hydroxyl groups is 1. The second-order valence-corrected chi connectivity index (χ2v) is 12.5. The molecule has 1 aromatic carbocycles. The van der Waals surface area contributed by atoms with E-state index in [4.69, 9.17) is 0 Å². The van der Waals surface area contributed by atoms with Gasteiger partial charge >= 0.3 is 0 Å². The maximum atomic E-state index is 14.3. The molecule has 198 valence electrons. The summed E-state index contributed by atoms with van der Waals surface area (Å²) >= 11 is 1.67. The number of nitrogens with zero attached hydrogens (tertiary/aromatic N) is 1. The lowest BCUT2D eigenvalue weighted by atomic mass is 9.66. The van der Waals surface area contributed by atoms with Crippen molar-refractivity contribution < 1.29 is 19.5 Å². The van der Waals surface area contributed by atoms with E-state index in [1.54, 1.807) is 16.7 Å². The molecule has 0 saturated carbocycles. The summed E-state index contributed by atoms with van der Waals surface area (Å²) in [4.78, 5) is 43.5. The van der Waals surface area contributed by atoms with Gasteiger partial charge in [-0.2, -0.15) is 0 Å². The van der Waals surface area contributed by atoms with Crippen LogP contribution in [0.2, 0.25) is 0 Å². The van der Waals surface area contributed by atoms with Gasteiger partial charge in [-0.05, 0) is 49.7 Å². The van der Waals surface area contributed by atoms with Crippen molar-refractivity contribution in [3.63, 3.8) is 0 Å². The molecular formula is C28H41N3O4S. The van der Waals surface area contributed by atoms with Gasteiger partial charge in [-0.1, -0.05) is 52.3 Å². The zero-order valence-electron chi connectivity index (χ0n) is 22.3. The number of anilines is 1. The zero-order valence-corrected chi connectivity index (χ0v) is 23.2. The van der Waals surface area contributed by atoms with Crippen LogP contribution in [0.3, 0.4) is 0 Å². The lowest BCUT2D eigenvalue weighted by Gasteiger charge is -2.41. The van der Waals surface area contributed by atoms with Crippen molar-refractivity contribution >= 4 is 35.2 Å². The molecule has 3 aliphatic rings. The fraction of sp³-hybridized carbons (Fsp3) is 0.679. The average molecular weight is 516 g/mol. The number of hydrogen-bond donors (Lipinski definition) is 3. The number of nitrogens with one attached hydrogen (secondary N) is 2. The Labute approximate surface area is 219 Å². The van der Waals surface area contributed by atoms with E-state index in [9.17, 15) is 19.5 Å². The maximum absolute atomic E-state index is 14.3. The van der Waals surface area contributed by atoms with Gasteiger partial charge in [0.1, 0.15) is 6.04 Å². The third kappa shape index (κ3) is 4.05. The Morgan fingerprint density at radius 3 is 2.47 bits per heavy atom. The number of amides is 3. The Balaban J connectivity index is 1.81. The zero-order chi connectivity index (χ0) is 26.4. The Morgan fingerprint density at radius 1 is 1.22 bits per heavy atom. The van der Waals surface area contributed by atoms with E-state index >= 15 is 0 Å². The molecule has 3 amide bonds. The van der Waals surface area contributed by atoms with Crippen LogP contribution in [0.5, 0.6) is 0 Å². The molecule has 1 aromatic rings. The lowest BCUT2D eigenvalue weighted by Crippen LogP contribution is -2.58. The number of para-hydroxylation sites is 1. The number of fused-ring (bicyclic) bond motifs is 1. The lowest BCUT2D eigenvalue weighted by molar-refractivity contribution is -0.143. The summed E-state index contributed by atoms with van der Waals surface area (Å²) in [5.74, 6) is -1.39. The van der Waals surface area contributed by atoms with Crippen LogP contribution in [0.25, 0.3) is 0 Å². The van der Waals surface area contributed by atoms with Crippen LogP contribution in [-0.2, 0) is 14.4 Å². The predicted molar refractivity (Wildman–Crippen MR) is 144 cm³/mol. The molecule has 2 bridgehead atoms. The summed E-state index contributed by atoms with van der Waals surface area (Å²) in [6.07, 6.45) is 2.39. The number of hydrogen-bond acceptors (Lipinski definition) is 5. The quantitative estimate of drug-likeness (QED) is 0.468. The van der Waals surface area contributed by atoms with Crippen molar-refractivity contribution in [1.29, 1.82) is 0 Å². The summed E-state index contributed by atoms with van der Waals surface area (Å²) in [7, 11) is 0. The SMILES string of the molecule is CCCNC(=O)[C@@H]1[C@@H]2CC(C)C3(S2)C(C(=O)Nc2c(C)cccc2C)N([C@@H](CO)[C@@H](C)CC)C(=O)[C@H]13. The number of thioether (sulfide) groups is 1. The summed E-state index contributed by atoms with van der Waals surface area (Å²) in [6.45, 7) is 12.4. The van der Waals surface area contributed by atoms with Crippen LogP contribution in [0, 0.1) is 37.5 Å². The van der Waals surface area contributed by atoms with E-state index in [1.165, 1.54) is 0 Å². The molecule has 0 aliphatic carbocycles. The van der Waals surface area contributed by atoms with Gasteiger partial charge in [0.25, 0.3) is 0 Å². The molecule has 4 rings (SSSR count). The first-order chi connectivity index (χ1) is 17.1. The van der Waals surface area contributed by atoms with Crippen LogP contribution in [0.4, 0.5) is 5.69 Å². The van der Waals surface area contributed by atoms with E-state index in [0.717, 1.165) is 36.1 Å². The largest absolute Gasteiger partial charge is 0.394 e. The van der Waals surface area contributed by atoms with Gasteiger partial charge in [0.2, 0.25) is 17.7 Å². The number of aliphatic hydroxyl groups excluding tert-OH is 1. The van der Waals surface area contributed by atoms with Crippen LogP contribution < -0.4 is 10.6 Å². The average Bonchev–Trinajstić information content (AvgIpc) is 3.44. The monoisotopic (exact) mass is 515 g/mol. The van der Waals surface area contributed by atoms with Crippen LogP contribution >= 0.6 is 11.8 Å². The molecule has 36 heavy (non-hydrogen) atoms. The molecule has 3 fully saturated rings. The number of carbonyl (C=O) groups is 3. The standard InChI is InChI=1S/C28H41N3O4S/c1-7-12-29-25(33)21-20-13-18(6)28(36-20)22(21)27(35)31(19(14-32)15(3)8-2)24(28)26(34)30-23-16(4)10-9-11-17(23)5/h9-11,15,18-22,24,32H,7-8,12-14H2,1-6H3,(H,29,33)(H,30,34)/t15-,18?,19-,20-,21+,22-,24?,28?/m0/s1. The molecule has 8 atom stereocenters. The van der Waals surface area contributed by atoms with Crippen molar-refractivity contribution in [2.45, 2.75) is 82.9 Å². The smallest absolute Gasteiger partial charge is 0.248 e. The molecular weight excluding hydrogens is 474 g/mol. The van der Waals surface area contributed by atoms with Crippen LogP contribution in [0.15, 0.2) is 18.2 Å². The van der Waals surface area contributed by atoms with Crippen molar-refractivity contribution in [3.05, 3.63) is 29.3 Å². The molecule has 7 nitrogen and oxygen atoms in total. The first-order valence-corrected chi connectivity index (χ1v) is 14.3. The summed E-state index contributed by atoms with van der Waals surface area (Å²) in [5.41, 5.74) is 2.69. The number of likely N-dealkylation sites (tertiary alicyclic amines) is 1. The fourth-order valence-electron chi connectivity index (χ4n) is 6.80. The first kappa shape index (κ1) is 27.0. The summed E-state index contributed by atoms with van der Waals surface area (Å²) in [5, 5.41) is 16.7. The highest BCUT2D eigenvalue weighted by Crippen LogP contribution is 2.69. The molecule has 0 radical (unpaired) electrons. The molecule has 3 unspecified atom stereocenters. The highest BCUT2D eigenvalue weighted by atomic mass is 32.2. The van der Waals surface area contributed by atoms with Crippen LogP contribution in [0.1, 0.15) is 58.1 Å². The Hall–Kier alpha value is -2.06. The Kier molecular flexibility index (Phi) is 7.77. The molecule has 8 heteroatoms. The van der Waals surface area contributed by atoms with Crippen molar-refractivity contribution in [2.75, 3.05) is 18.5 Å². The normalized spacial score (nSPS) is 32.4. The topological polar surface area (TPSA) is 98.7 Å². The summed E-state index contributed by atoms with van der Waals surface area (Å²) in [6, 6.07) is 4.64. The maximum Gasteiger partial charge on any atom is 0.248 e. The van der Waals surface area contributed by atoms with Gasteiger partial charge < -0.3 is 20.6 Å². The number of rotatable bonds is 9. The van der Waals surface area contributed by atoms with E-state index in [2.05, 4.69) is 17.6 Å². The van der Waals surface area contributed by atoms with Crippen LogP contribution in [-0.4, -0.2) is 63.0 Å². The van der Waals surface area contributed by atoms with E-state index in [-0.39, 0.29) is 41.4 Å². The molecule has 1 spiro atoms. The second-order valence-electron chi connectivity index (χ2n) is 11.0. The molecule has 3 aliphatic heterocycles. The molecule has 3 heterocycles. The van der Waals surface area contributed by atoms with E-state index in [0.29, 0.717) is 6.54 Å². The predicted octanol–water partition coefficient (Wildman–Crippen LogP) is 3.51. The van der Waals surface area contributed by atoms with E-state index in [1.807, 2.05) is 52.8 Å². The van der Waals surface area contributed by atoms with Crippen molar-refractivity contribution in [1.82, 2.24) is 10.2 Å². The van der Waals surface area contributed by atoms with Crippen molar-refractivity contribution in [2.24, 2.45) is 23.7 Å². The number of benzene rings is 1. The number of carbonyl (C=O) groups excluding carboxylic acids is 3. The van der Waals surface area contributed by atoms with Gasteiger partial charge in [0, 0.05) is 17.5 Å². The third-order valence-corrected chi connectivity index (χ3v) is 10.9. The fourth-order valence-corrected chi connectivity index (χ4v) is 9.21. The Morgan fingerprint density at radius 2 is 1.89 bits per heavy atom. The molecule has 3 saturated heterocycles. The highest BCUT2D eigenvalue weighted by molar-refractivity contribution is 8.02. The first-order valence-electron chi connectivity index (χ1n) is 13.4. The Bertz CT molecular complexity index is 1010. The van der Waals surface area contributed by atoms with Gasteiger partial charge in [-0.15, -0.1) is 11.8 Å². The molecule has 0 aromatic heterocycles. The second kappa shape index (κ2) is 10.4.